The van der Waals surface area contributed by atoms with Crippen molar-refractivity contribution in [1.29, 1.82) is 0 Å². The van der Waals surface area contributed by atoms with E-state index in [1.165, 1.54) is 0 Å². The van der Waals surface area contributed by atoms with Crippen LogP contribution in [-0.2, 0) is 6.42 Å². The summed E-state index contributed by atoms with van der Waals surface area (Å²) >= 11 is 1.64. The van der Waals surface area contributed by atoms with Crippen molar-refractivity contribution in [1.82, 2.24) is 19.9 Å². The Kier molecular flexibility index (Phi) is 4.43. The fourth-order valence-electron chi connectivity index (χ4n) is 2.35. The van der Waals surface area contributed by atoms with Crippen LogP contribution in [0.4, 0.5) is 0 Å². The van der Waals surface area contributed by atoms with Crippen LogP contribution in [0.1, 0.15) is 43.4 Å². The fraction of sp³-hybridized carbons (Fsp3) is 0.353. The average molecular weight is 328 g/mol. The maximum absolute atomic E-state index is 12.4. The highest BCUT2D eigenvalue weighted by Crippen LogP contribution is 2.24. The predicted molar refractivity (Wildman–Crippen MR) is 92.9 cm³/mol. The Morgan fingerprint density at radius 3 is 2.87 bits per heavy atom. The first-order valence-corrected chi connectivity index (χ1v) is 8.74. The van der Waals surface area contributed by atoms with Gasteiger partial charge in [-0.05, 0) is 37.3 Å². The van der Waals surface area contributed by atoms with Crippen LogP contribution in [0.3, 0.4) is 0 Å². The summed E-state index contributed by atoms with van der Waals surface area (Å²) in [7, 11) is 0. The molecule has 0 aliphatic rings. The van der Waals surface area contributed by atoms with Crippen LogP contribution in [0.2, 0.25) is 0 Å². The van der Waals surface area contributed by atoms with Gasteiger partial charge in [0, 0.05) is 17.8 Å². The number of aromatic nitrogens is 3. The molecule has 5 nitrogen and oxygen atoms in total. The zero-order valence-electron chi connectivity index (χ0n) is 13.5. The predicted octanol–water partition coefficient (Wildman–Crippen LogP) is 3.55. The monoisotopic (exact) mass is 328 g/mol. The van der Waals surface area contributed by atoms with E-state index in [0.717, 1.165) is 29.1 Å². The first-order valence-electron chi connectivity index (χ1n) is 7.86. The smallest absolute Gasteiger partial charge is 0.270 e. The minimum absolute atomic E-state index is 0.129. The molecule has 0 fully saturated rings. The Balaban J connectivity index is 2.03. The average Bonchev–Trinajstić information content (AvgIpc) is 3.22. The minimum Gasteiger partial charge on any atom is -0.348 e. The molecule has 0 aromatic carbocycles. The lowest BCUT2D eigenvalue weighted by Crippen LogP contribution is -2.32. The van der Waals surface area contributed by atoms with E-state index in [-0.39, 0.29) is 11.9 Å². The Bertz CT molecular complexity index is 823. The summed E-state index contributed by atoms with van der Waals surface area (Å²) in [6.45, 7) is 6.09. The molecule has 3 aromatic heterocycles. The third-order valence-corrected chi connectivity index (χ3v) is 4.75. The largest absolute Gasteiger partial charge is 0.348 e. The minimum atomic E-state index is -0.129. The molecule has 3 rings (SSSR count). The SMILES string of the molecule is CCc1cc(C(=O)NC(C)CC)nc2cc(-c3cccs3)nn12. The standard InChI is InChI=1S/C17H20N4OS/c1-4-11(3)18-17(22)14-9-12(5-2)21-16(19-14)10-13(20-21)15-7-6-8-23-15/h6-11H,4-5H2,1-3H3,(H,18,22). The first-order chi connectivity index (χ1) is 11.1. The van der Waals surface area contributed by atoms with E-state index in [9.17, 15) is 4.79 Å². The van der Waals surface area contributed by atoms with E-state index in [0.29, 0.717) is 11.3 Å². The van der Waals surface area contributed by atoms with E-state index >= 15 is 0 Å². The zero-order chi connectivity index (χ0) is 16.4. The van der Waals surface area contributed by atoms with Gasteiger partial charge in [-0.3, -0.25) is 4.79 Å². The number of fused-ring (bicyclic) bond motifs is 1. The van der Waals surface area contributed by atoms with E-state index in [2.05, 4.69) is 22.3 Å². The maximum Gasteiger partial charge on any atom is 0.270 e. The molecule has 1 N–H and O–H groups in total. The van der Waals surface area contributed by atoms with Crippen LogP contribution >= 0.6 is 11.3 Å². The number of nitrogens with zero attached hydrogens (tertiary/aromatic N) is 3. The Morgan fingerprint density at radius 1 is 1.39 bits per heavy atom. The van der Waals surface area contributed by atoms with Crippen LogP contribution in [0.15, 0.2) is 29.6 Å². The molecular formula is C17H20N4OS. The number of rotatable bonds is 5. The lowest BCUT2D eigenvalue weighted by Gasteiger charge is -2.11. The highest BCUT2D eigenvalue weighted by atomic mass is 32.1. The van der Waals surface area contributed by atoms with Crippen LogP contribution in [0, 0.1) is 0 Å². The molecular weight excluding hydrogens is 308 g/mol. The van der Waals surface area contributed by atoms with Gasteiger partial charge in [0.05, 0.1) is 4.88 Å². The van der Waals surface area contributed by atoms with Crippen LogP contribution < -0.4 is 5.32 Å². The molecule has 6 heteroatoms. The summed E-state index contributed by atoms with van der Waals surface area (Å²) in [5, 5.41) is 9.63. The van der Waals surface area contributed by atoms with Gasteiger partial charge in [-0.2, -0.15) is 5.10 Å². The molecule has 1 atom stereocenters. The van der Waals surface area contributed by atoms with Crippen molar-refractivity contribution in [3.8, 4) is 10.6 Å². The van der Waals surface area contributed by atoms with Crippen molar-refractivity contribution in [3.63, 3.8) is 0 Å². The fourth-order valence-corrected chi connectivity index (χ4v) is 3.03. The van der Waals surface area contributed by atoms with Gasteiger partial charge in [-0.25, -0.2) is 9.50 Å². The van der Waals surface area contributed by atoms with Gasteiger partial charge in [0.2, 0.25) is 0 Å². The van der Waals surface area contributed by atoms with E-state index in [4.69, 9.17) is 0 Å². The summed E-state index contributed by atoms with van der Waals surface area (Å²) in [6.07, 6.45) is 1.68. The summed E-state index contributed by atoms with van der Waals surface area (Å²) in [5.74, 6) is -0.129. The highest BCUT2D eigenvalue weighted by molar-refractivity contribution is 7.13. The molecule has 0 spiro atoms. The number of hydrogen-bond acceptors (Lipinski definition) is 4. The number of nitrogens with one attached hydrogen (secondary N) is 1. The Morgan fingerprint density at radius 2 is 2.22 bits per heavy atom. The third kappa shape index (κ3) is 3.12. The number of aryl methyl sites for hydroxylation is 1. The second-order valence-corrected chi connectivity index (χ2v) is 6.49. The normalized spacial score (nSPS) is 12.5. The number of hydrogen-bond donors (Lipinski definition) is 1. The van der Waals surface area contributed by atoms with Gasteiger partial charge in [-0.1, -0.05) is 19.9 Å². The molecule has 0 saturated heterocycles. The summed E-state index contributed by atoms with van der Waals surface area (Å²) < 4.78 is 1.83. The highest BCUT2D eigenvalue weighted by Gasteiger charge is 2.15. The Hall–Kier alpha value is -2.21. The van der Waals surface area contributed by atoms with Crippen molar-refractivity contribution < 1.29 is 4.79 Å². The number of thiophene rings is 1. The number of carbonyl (C=O) groups is 1. The first kappa shape index (κ1) is 15.7. The van der Waals surface area contributed by atoms with E-state index < -0.39 is 0 Å². The second kappa shape index (κ2) is 6.50. The summed E-state index contributed by atoms with van der Waals surface area (Å²) in [4.78, 5) is 18.0. The number of amides is 1. The van der Waals surface area contributed by atoms with Crippen molar-refractivity contribution in [2.24, 2.45) is 0 Å². The quantitative estimate of drug-likeness (QED) is 0.779. The van der Waals surface area contributed by atoms with Crippen molar-refractivity contribution in [2.45, 2.75) is 39.7 Å². The molecule has 23 heavy (non-hydrogen) atoms. The molecule has 3 heterocycles. The van der Waals surface area contributed by atoms with E-state index in [1.54, 1.807) is 11.3 Å². The maximum atomic E-state index is 12.4. The van der Waals surface area contributed by atoms with Gasteiger partial charge in [-0.15, -0.1) is 11.3 Å². The van der Waals surface area contributed by atoms with E-state index in [1.807, 2.05) is 48.0 Å². The molecule has 0 aliphatic heterocycles. The van der Waals surface area contributed by atoms with Crippen LogP contribution in [0.5, 0.6) is 0 Å². The Labute approximate surface area is 139 Å². The van der Waals surface area contributed by atoms with Gasteiger partial charge >= 0.3 is 0 Å². The lowest BCUT2D eigenvalue weighted by molar-refractivity contribution is 0.0934. The number of carbonyl (C=O) groups excluding carboxylic acids is 1. The molecule has 0 radical (unpaired) electrons. The molecule has 120 valence electrons. The summed E-state index contributed by atoms with van der Waals surface area (Å²) in [5.41, 5.74) is 3.03. The van der Waals surface area contributed by atoms with Crippen molar-refractivity contribution in [3.05, 3.63) is 41.0 Å². The molecule has 0 saturated carbocycles. The van der Waals surface area contributed by atoms with Gasteiger partial charge < -0.3 is 5.32 Å². The second-order valence-electron chi connectivity index (χ2n) is 5.55. The van der Waals surface area contributed by atoms with Gasteiger partial charge in [0.15, 0.2) is 5.65 Å². The van der Waals surface area contributed by atoms with Crippen molar-refractivity contribution >= 4 is 22.9 Å². The van der Waals surface area contributed by atoms with Gasteiger partial charge in [0.1, 0.15) is 11.4 Å². The molecule has 1 amide bonds. The molecule has 3 aromatic rings. The molecule has 1 unspecified atom stereocenters. The van der Waals surface area contributed by atoms with Crippen LogP contribution in [-0.4, -0.2) is 26.5 Å². The van der Waals surface area contributed by atoms with Crippen LogP contribution in [0.25, 0.3) is 16.2 Å². The molecule has 0 aliphatic carbocycles. The molecule has 0 bridgehead atoms. The summed E-state index contributed by atoms with van der Waals surface area (Å²) in [6, 6.07) is 7.94. The van der Waals surface area contributed by atoms with Crippen molar-refractivity contribution in [2.75, 3.05) is 0 Å². The zero-order valence-corrected chi connectivity index (χ0v) is 14.4. The topological polar surface area (TPSA) is 59.3 Å². The third-order valence-electron chi connectivity index (χ3n) is 3.86. The lowest BCUT2D eigenvalue weighted by atomic mass is 10.2. The van der Waals surface area contributed by atoms with Gasteiger partial charge in [0.25, 0.3) is 5.91 Å².